The minimum Gasteiger partial charge on any atom is -0.465 e. The van der Waals surface area contributed by atoms with Gasteiger partial charge in [-0.25, -0.2) is 0 Å². The third-order valence-corrected chi connectivity index (χ3v) is 1.82. The minimum absolute atomic E-state index is 0.255. The smallest absolute Gasteiger partial charge is 0.317 e. The van der Waals surface area contributed by atoms with Crippen molar-refractivity contribution in [3.05, 3.63) is 11.6 Å². The van der Waals surface area contributed by atoms with Crippen molar-refractivity contribution in [3.8, 4) is 0 Å². The molecule has 1 aliphatic rings. The summed E-state index contributed by atoms with van der Waals surface area (Å²) >= 11 is 0. The van der Waals surface area contributed by atoms with Crippen molar-refractivity contribution in [2.24, 2.45) is 5.92 Å². The highest BCUT2D eigenvalue weighted by atomic mass is 16.5. The van der Waals surface area contributed by atoms with Crippen LogP contribution >= 0.6 is 0 Å². The van der Waals surface area contributed by atoms with Crippen molar-refractivity contribution in [1.82, 2.24) is 0 Å². The molecule has 3 heteroatoms. The van der Waals surface area contributed by atoms with Crippen LogP contribution in [-0.4, -0.2) is 23.3 Å². The Balaban J connectivity index is 2.41. The molecule has 1 atom stereocenters. The van der Waals surface area contributed by atoms with Crippen LogP contribution in [0.5, 0.6) is 0 Å². The molecule has 0 unspecified atom stereocenters. The first kappa shape index (κ1) is 9.26. The second-order valence-electron chi connectivity index (χ2n) is 3.41. The second-order valence-corrected chi connectivity index (χ2v) is 3.41. The van der Waals surface area contributed by atoms with Gasteiger partial charge in [-0.2, -0.15) is 0 Å². The molecule has 0 aliphatic heterocycles. The highest BCUT2D eigenvalue weighted by Gasteiger charge is 2.41. The molecule has 0 fully saturated rings. The van der Waals surface area contributed by atoms with Gasteiger partial charge in [0.05, 0.1) is 18.1 Å². The molecule has 0 bridgehead atoms. The summed E-state index contributed by atoms with van der Waals surface area (Å²) in [5.41, 5.74) is -0.113. The number of hydrogen-bond acceptors (Lipinski definition) is 3. The third-order valence-electron chi connectivity index (χ3n) is 1.82. The van der Waals surface area contributed by atoms with E-state index >= 15 is 0 Å². The molecule has 1 rings (SSSR count). The molecular weight excluding hydrogens is 156 g/mol. The Bertz CT molecular complexity index is 222. The Morgan fingerprint density at radius 3 is 2.67 bits per heavy atom. The maximum Gasteiger partial charge on any atom is 0.317 e. The van der Waals surface area contributed by atoms with Crippen LogP contribution in [0.15, 0.2) is 11.6 Å². The number of aliphatic hydroxyl groups is 1. The summed E-state index contributed by atoms with van der Waals surface area (Å²) in [6, 6.07) is 0. The predicted octanol–water partition coefficient (Wildman–Crippen LogP) is 0.877. The Labute approximate surface area is 72.0 Å². The van der Waals surface area contributed by atoms with E-state index in [1.54, 1.807) is 26.8 Å². The van der Waals surface area contributed by atoms with Crippen molar-refractivity contribution in [3.63, 3.8) is 0 Å². The van der Waals surface area contributed by atoms with E-state index in [1.165, 1.54) is 0 Å². The van der Waals surface area contributed by atoms with E-state index in [4.69, 9.17) is 4.74 Å². The van der Waals surface area contributed by atoms with E-state index in [2.05, 4.69) is 0 Å². The predicted molar refractivity (Wildman–Crippen MR) is 44.5 cm³/mol. The lowest BCUT2D eigenvalue weighted by Crippen LogP contribution is -2.21. The van der Waals surface area contributed by atoms with Gasteiger partial charge in [-0.1, -0.05) is 6.08 Å². The molecule has 0 amide bonds. The molecule has 0 radical (unpaired) electrons. The number of carbonyl (C=O) groups excluding carboxylic acids is 1. The van der Waals surface area contributed by atoms with Gasteiger partial charge >= 0.3 is 5.97 Å². The van der Waals surface area contributed by atoms with Gasteiger partial charge in [-0.15, -0.1) is 0 Å². The van der Waals surface area contributed by atoms with Crippen molar-refractivity contribution < 1.29 is 14.6 Å². The van der Waals surface area contributed by atoms with Crippen LogP contribution < -0.4 is 0 Å². The number of ether oxygens (including phenoxy) is 1. The van der Waals surface area contributed by atoms with E-state index in [9.17, 15) is 9.90 Å². The maximum absolute atomic E-state index is 11.1. The average molecular weight is 170 g/mol. The Morgan fingerprint density at radius 1 is 1.75 bits per heavy atom. The lowest BCUT2D eigenvalue weighted by atomic mass is 10.0. The molecule has 12 heavy (non-hydrogen) atoms. The van der Waals surface area contributed by atoms with Gasteiger partial charge in [0.1, 0.15) is 0 Å². The zero-order valence-electron chi connectivity index (χ0n) is 7.63. The second kappa shape index (κ2) is 2.90. The Morgan fingerprint density at radius 2 is 2.33 bits per heavy atom. The van der Waals surface area contributed by atoms with Gasteiger partial charge < -0.3 is 9.84 Å². The molecule has 0 saturated heterocycles. The quantitative estimate of drug-likeness (QED) is 0.505. The Kier molecular flexibility index (Phi) is 2.24. The summed E-state index contributed by atoms with van der Waals surface area (Å²) in [4.78, 5) is 11.1. The van der Waals surface area contributed by atoms with E-state index in [0.29, 0.717) is 6.61 Å². The van der Waals surface area contributed by atoms with Crippen molar-refractivity contribution in [1.29, 1.82) is 0 Å². The van der Waals surface area contributed by atoms with Crippen LogP contribution in [0.4, 0.5) is 0 Å². The van der Waals surface area contributed by atoms with Crippen LogP contribution in [0.25, 0.3) is 0 Å². The number of esters is 1. The lowest BCUT2D eigenvalue weighted by Gasteiger charge is -2.14. The van der Waals surface area contributed by atoms with Gasteiger partial charge in [0.25, 0.3) is 0 Å². The number of carbonyl (C=O) groups is 1. The van der Waals surface area contributed by atoms with Crippen molar-refractivity contribution in [2.75, 3.05) is 6.61 Å². The monoisotopic (exact) mass is 170 g/mol. The summed E-state index contributed by atoms with van der Waals surface area (Å²) in [5.74, 6) is -0.528. The van der Waals surface area contributed by atoms with E-state index in [-0.39, 0.29) is 11.9 Å². The molecule has 3 nitrogen and oxygen atoms in total. The molecule has 0 aromatic heterocycles. The van der Waals surface area contributed by atoms with Gasteiger partial charge in [0.15, 0.2) is 0 Å². The number of hydrogen-bond donors (Lipinski definition) is 1. The molecule has 0 aromatic carbocycles. The van der Waals surface area contributed by atoms with Gasteiger partial charge in [-0.3, -0.25) is 4.79 Å². The normalized spacial score (nSPS) is 21.7. The van der Waals surface area contributed by atoms with E-state index in [1.807, 2.05) is 0 Å². The van der Waals surface area contributed by atoms with E-state index < -0.39 is 5.60 Å². The molecule has 0 spiro atoms. The fourth-order valence-electron chi connectivity index (χ4n) is 1.14. The first-order chi connectivity index (χ1) is 5.46. The molecule has 1 aliphatic carbocycles. The standard InChI is InChI=1S/C9H14O3/c1-4-12-8(10)6-5-7(6)9(2,3)11/h5-6,11H,4H2,1-3H3/t6-/m0/s1. The van der Waals surface area contributed by atoms with Crippen LogP contribution in [0.3, 0.4) is 0 Å². The highest BCUT2D eigenvalue weighted by Crippen LogP contribution is 2.38. The third kappa shape index (κ3) is 1.85. The summed E-state index contributed by atoms with van der Waals surface area (Å²) < 4.78 is 4.79. The summed E-state index contributed by atoms with van der Waals surface area (Å²) in [5, 5.41) is 9.47. The largest absolute Gasteiger partial charge is 0.465 e. The SMILES string of the molecule is CCOC(=O)[C@H]1C=C1C(C)(C)O. The first-order valence-corrected chi connectivity index (χ1v) is 4.08. The van der Waals surface area contributed by atoms with E-state index in [0.717, 1.165) is 5.57 Å². The Hall–Kier alpha value is -0.830. The van der Waals surface area contributed by atoms with Crippen LogP contribution in [0.1, 0.15) is 20.8 Å². The fourth-order valence-corrected chi connectivity index (χ4v) is 1.14. The highest BCUT2D eigenvalue weighted by molar-refractivity contribution is 5.84. The molecule has 0 saturated carbocycles. The maximum atomic E-state index is 11.1. The average Bonchev–Trinajstić information content (AvgIpc) is 2.62. The van der Waals surface area contributed by atoms with Crippen molar-refractivity contribution in [2.45, 2.75) is 26.4 Å². The zero-order valence-corrected chi connectivity index (χ0v) is 7.63. The van der Waals surface area contributed by atoms with Gasteiger partial charge in [-0.05, 0) is 26.3 Å². The summed E-state index contributed by atoms with van der Waals surface area (Å²) in [6.07, 6.45) is 1.73. The van der Waals surface area contributed by atoms with Crippen LogP contribution in [0.2, 0.25) is 0 Å². The topological polar surface area (TPSA) is 46.5 Å². The molecule has 0 aromatic rings. The molecule has 1 N–H and O–H groups in total. The number of rotatable bonds is 3. The fraction of sp³-hybridized carbons (Fsp3) is 0.667. The summed E-state index contributed by atoms with van der Waals surface area (Å²) in [6.45, 7) is 5.49. The first-order valence-electron chi connectivity index (χ1n) is 4.08. The molecular formula is C9H14O3. The molecule has 0 heterocycles. The minimum atomic E-state index is -0.878. The summed E-state index contributed by atoms with van der Waals surface area (Å²) in [7, 11) is 0. The van der Waals surface area contributed by atoms with Crippen molar-refractivity contribution >= 4 is 5.97 Å². The lowest BCUT2D eigenvalue weighted by molar-refractivity contribution is -0.144. The molecule has 68 valence electrons. The zero-order chi connectivity index (χ0) is 9.35. The van der Waals surface area contributed by atoms with Crippen LogP contribution in [0, 0.1) is 5.92 Å². The van der Waals surface area contributed by atoms with Gasteiger partial charge in [0.2, 0.25) is 0 Å². The van der Waals surface area contributed by atoms with Gasteiger partial charge in [0, 0.05) is 0 Å². The van der Waals surface area contributed by atoms with Crippen LogP contribution in [-0.2, 0) is 9.53 Å².